The largest absolute Gasteiger partial charge is 0.371 e. The summed E-state index contributed by atoms with van der Waals surface area (Å²) in [5.41, 5.74) is 5.96. The molecule has 0 aliphatic carbocycles. The second kappa shape index (κ2) is 7.76. The summed E-state index contributed by atoms with van der Waals surface area (Å²) in [4.78, 5) is 22.5. The molecule has 1 amide bonds. The Bertz CT molecular complexity index is 1240. The van der Waals surface area contributed by atoms with E-state index in [0.29, 0.717) is 10.4 Å². The van der Waals surface area contributed by atoms with Crippen molar-refractivity contribution in [3.63, 3.8) is 0 Å². The first-order chi connectivity index (χ1) is 14.3. The van der Waals surface area contributed by atoms with Crippen LogP contribution in [0.5, 0.6) is 0 Å². The van der Waals surface area contributed by atoms with Gasteiger partial charge in [-0.3, -0.25) is 14.9 Å². The summed E-state index contributed by atoms with van der Waals surface area (Å²) in [7, 11) is -3.90. The Morgan fingerprint density at radius 2 is 1.90 bits per heavy atom. The Morgan fingerprint density at radius 3 is 2.57 bits per heavy atom. The molecule has 1 unspecified atom stereocenters. The zero-order valence-electron chi connectivity index (χ0n) is 15.6. The maximum absolute atomic E-state index is 13.1. The molecule has 0 bridgehead atoms. The van der Waals surface area contributed by atoms with Crippen molar-refractivity contribution in [3.05, 3.63) is 69.1 Å². The Balaban J connectivity index is 1.69. The minimum atomic E-state index is -3.90. The van der Waals surface area contributed by atoms with Crippen LogP contribution in [0.25, 0.3) is 10.1 Å². The summed E-state index contributed by atoms with van der Waals surface area (Å²) in [6.07, 6.45) is -0.662. The molecule has 156 valence electrons. The van der Waals surface area contributed by atoms with Crippen molar-refractivity contribution in [3.8, 4) is 0 Å². The van der Waals surface area contributed by atoms with E-state index in [1.165, 1.54) is 27.8 Å². The number of nitro groups is 1. The Kier molecular flexibility index (Phi) is 5.28. The van der Waals surface area contributed by atoms with Crippen LogP contribution < -0.4 is 5.73 Å². The van der Waals surface area contributed by atoms with Gasteiger partial charge in [0.15, 0.2) is 0 Å². The van der Waals surface area contributed by atoms with Crippen molar-refractivity contribution >= 4 is 43.0 Å². The van der Waals surface area contributed by atoms with Gasteiger partial charge in [0.05, 0.1) is 27.4 Å². The summed E-state index contributed by atoms with van der Waals surface area (Å²) in [5, 5.41) is 11.6. The number of carbonyl (C=O) groups excluding carboxylic acids is 1. The number of carbonyl (C=O) groups is 1. The summed E-state index contributed by atoms with van der Waals surface area (Å²) >= 11 is 1.25. The number of nitro benzene ring substituents is 1. The topological polar surface area (TPSA) is 133 Å². The van der Waals surface area contributed by atoms with Crippen LogP contribution in [0.15, 0.2) is 53.4 Å². The molecule has 4 rings (SSSR count). The molecule has 0 saturated carbocycles. The van der Waals surface area contributed by atoms with Crippen LogP contribution in [0.2, 0.25) is 0 Å². The molecular formula is C19H17N3O6S2. The Morgan fingerprint density at radius 1 is 1.20 bits per heavy atom. The molecule has 1 atom stereocenters. The van der Waals surface area contributed by atoms with Crippen molar-refractivity contribution in [2.24, 2.45) is 5.73 Å². The average molecular weight is 447 g/mol. The Labute approximate surface area is 175 Å². The van der Waals surface area contributed by atoms with Crippen molar-refractivity contribution in [2.45, 2.75) is 11.0 Å². The molecule has 9 nitrogen and oxygen atoms in total. The summed E-state index contributed by atoms with van der Waals surface area (Å²) < 4.78 is 34.1. The van der Waals surface area contributed by atoms with Gasteiger partial charge in [0.1, 0.15) is 0 Å². The third kappa shape index (κ3) is 3.56. The van der Waals surface area contributed by atoms with Gasteiger partial charge in [-0.2, -0.15) is 4.31 Å². The normalized spacial score (nSPS) is 17.8. The molecule has 1 aromatic heterocycles. The van der Waals surface area contributed by atoms with Crippen LogP contribution in [-0.4, -0.2) is 43.2 Å². The van der Waals surface area contributed by atoms with E-state index in [2.05, 4.69) is 0 Å². The summed E-state index contributed by atoms with van der Waals surface area (Å²) in [6.45, 7) is 0.267. The van der Waals surface area contributed by atoms with Crippen LogP contribution in [0.1, 0.15) is 21.3 Å². The van der Waals surface area contributed by atoms with Crippen molar-refractivity contribution in [1.29, 1.82) is 0 Å². The molecule has 0 radical (unpaired) electrons. The van der Waals surface area contributed by atoms with Crippen LogP contribution in [0, 0.1) is 10.1 Å². The average Bonchev–Trinajstić information content (AvgIpc) is 3.14. The molecular weight excluding hydrogens is 430 g/mol. The fraction of sp³-hybridized carbons (Fsp3) is 0.211. The molecule has 1 aliphatic rings. The lowest BCUT2D eigenvalue weighted by Gasteiger charge is -2.32. The predicted molar refractivity (Wildman–Crippen MR) is 111 cm³/mol. The first-order valence-electron chi connectivity index (χ1n) is 8.96. The number of rotatable bonds is 5. The van der Waals surface area contributed by atoms with Gasteiger partial charge in [-0.1, -0.05) is 18.2 Å². The third-order valence-corrected chi connectivity index (χ3v) is 7.97. The minimum absolute atomic E-state index is 0.000326. The molecule has 2 aromatic carbocycles. The zero-order chi connectivity index (χ0) is 21.5. The highest BCUT2D eigenvalue weighted by Gasteiger charge is 2.34. The number of fused-ring (bicyclic) bond motifs is 1. The van der Waals surface area contributed by atoms with Gasteiger partial charge >= 0.3 is 0 Å². The number of amides is 1. The molecule has 1 aliphatic heterocycles. The molecule has 1 fully saturated rings. The molecule has 2 N–H and O–H groups in total. The van der Waals surface area contributed by atoms with Crippen LogP contribution in [0.4, 0.5) is 5.69 Å². The highest BCUT2D eigenvalue weighted by molar-refractivity contribution is 7.89. The van der Waals surface area contributed by atoms with E-state index < -0.39 is 27.0 Å². The summed E-state index contributed by atoms with van der Waals surface area (Å²) in [5.74, 6) is -0.592. The van der Waals surface area contributed by atoms with E-state index in [0.717, 1.165) is 22.2 Å². The van der Waals surface area contributed by atoms with E-state index in [9.17, 15) is 23.3 Å². The van der Waals surface area contributed by atoms with E-state index in [4.69, 9.17) is 10.5 Å². The van der Waals surface area contributed by atoms with Gasteiger partial charge in [0, 0.05) is 35.5 Å². The number of hydrogen-bond acceptors (Lipinski definition) is 7. The van der Waals surface area contributed by atoms with E-state index in [1.54, 1.807) is 0 Å². The number of nitrogens with two attached hydrogens (primary N) is 1. The van der Waals surface area contributed by atoms with E-state index >= 15 is 0 Å². The number of morpholine rings is 1. The number of primary amides is 1. The smallest absolute Gasteiger partial charge is 0.269 e. The van der Waals surface area contributed by atoms with Gasteiger partial charge < -0.3 is 10.5 Å². The number of non-ortho nitro benzene ring substituents is 1. The molecule has 0 spiro atoms. The highest BCUT2D eigenvalue weighted by Crippen LogP contribution is 2.38. The standard InChI is InChI=1S/C19H17N3O6S2/c20-19(23)18-17(14-3-1-2-4-16(14)29-18)15-11-21(9-10-28-15)30(26,27)13-7-5-12(6-8-13)22(24)25/h1-8,15H,9-11H2,(H2,20,23). The molecule has 2 heterocycles. The third-order valence-electron chi connectivity index (χ3n) is 4.89. The van der Waals surface area contributed by atoms with Gasteiger partial charge in [0.2, 0.25) is 10.0 Å². The zero-order valence-corrected chi connectivity index (χ0v) is 17.2. The van der Waals surface area contributed by atoms with Crippen LogP contribution in [0.3, 0.4) is 0 Å². The second-order valence-corrected chi connectivity index (χ2v) is 9.67. The number of ether oxygens (including phenoxy) is 1. The molecule has 1 saturated heterocycles. The fourth-order valence-electron chi connectivity index (χ4n) is 3.48. The Hall–Kier alpha value is -2.86. The number of benzene rings is 2. The molecule has 30 heavy (non-hydrogen) atoms. The number of hydrogen-bond donors (Lipinski definition) is 1. The SMILES string of the molecule is NC(=O)c1sc2ccccc2c1C1CN(S(=O)(=O)c2ccc([N+](=O)[O-])cc2)CCO1. The molecule has 11 heteroatoms. The van der Waals surface area contributed by atoms with Crippen molar-refractivity contribution in [2.75, 3.05) is 19.7 Å². The highest BCUT2D eigenvalue weighted by atomic mass is 32.2. The lowest BCUT2D eigenvalue weighted by Crippen LogP contribution is -2.42. The quantitative estimate of drug-likeness (QED) is 0.472. The number of sulfonamides is 1. The second-order valence-electron chi connectivity index (χ2n) is 6.68. The summed E-state index contributed by atoms with van der Waals surface area (Å²) in [6, 6.07) is 12.1. The number of thiophene rings is 1. The first kappa shape index (κ1) is 20.4. The lowest BCUT2D eigenvalue weighted by molar-refractivity contribution is -0.384. The van der Waals surface area contributed by atoms with Gasteiger partial charge in [-0.05, 0) is 23.6 Å². The van der Waals surface area contributed by atoms with Gasteiger partial charge in [0.25, 0.3) is 11.6 Å². The first-order valence-corrected chi connectivity index (χ1v) is 11.2. The number of nitrogens with zero attached hydrogens (tertiary/aromatic N) is 2. The van der Waals surface area contributed by atoms with Gasteiger partial charge in [-0.25, -0.2) is 8.42 Å². The van der Waals surface area contributed by atoms with E-state index in [-0.39, 0.29) is 30.3 Å². The van der Waals surface area contributed by atoms with Crippen LogP contribution in [-0.2, 0) is 14.8 Å². The predicted octanol–water partition coefficient (Wildman–Crippen LogP) is 2.67. The maximum atomic E-state index is 13.1. The van der Waals surface area contributed by atoms with Crippen molar-refractivity contribution < 1.29 is 22.9 Å². The van der Waals surface area contributed by atoms with Gasteiger partial charge in [-0.15, -0.1) is 11.3 Å². The minimum Gasteiger partial charge on any atom is -0.371 e. The molecule has 3 aromatic rings. The maximum Gasteiger partial charge on any atom is 0.269 e. The monoisotopic (exact) mass is 447 g/mol. The fourth-order valence-corrected chi connectivity index (χ4v) is 6.01. The van der Waals surface area contributed by atoms with E-state index in [1.807, 2.05) is 24.3 Å². The lowest BCUT2D eigenvalue weighted by atomic mass is 10.0. The van der Waals surface area contributed by atoms with Crippen molar-refractivity contribution in [1.82, 2.24) is 4.31 Å². The van der Waals surface area contributed by atoms with Crippen LogP contribution >= 0.6 is 11.3 Å².